The molecule has 3 aliphatic rings. The molecule has 36 heavy (non-hydrogen) atoms. The minimum Gasteiger partial charge on any atom is -0.425 e. The van der Waals surface area contributed by atoms with Gasteiger partial charge >= 0.3 is 5.97 Å². The molecule has 2 aromatic rings. The number of ether oxygens (including phenoxy) is 1. The van der Waals surface area contributed by atoms with Gasteiger partial charge in [0.15, 0.2) is 5.78 Å². The Labute approximate surface area is 222 Å². The van der Waals surface area contributed by atoms with E-state index in [1.807, 2.05) is 31.2 Å². The highest BCUT2D eigenvalue weighted by atomic mass is 35.5. The summed E-state index contributed by atoms with van der Waals surface area (Å²) in [6.07, 6.45) is 2.22. The first kappa shape index (κ1) is 25.7. The summed E-state index contributed by atoms with van der Waals surface area (Å²) in [5.41, 5.74) is -0.354. The summed E-state index contributed by atoms with van der Waals surface area (Å²) in [6.45, 7) is 8.20. The average molecular weight is 530 g/mol. The maximum absolute atomic E-state index is 14.0. The Morgan fingerprint density at radius 3 is 2.47 bits per heavy atom. The van der Waals surface area contributed by atoms with Gasteiger partial charge in [-0.15, -0.1) is 0 Å². The molecule has 2 aliphatic heterocycles. The molecule has 4 atom stereocenters. The first-order valence-electron chi connectivity index (χ1n) is 12.6. The van der Waals surface area contributed by atoms with Crippen LogP contribution in [0.2, 0.25) is 10.0 Å². The molecular weight excluding hydrogens is 497 g/mol. The summed E-state index contributed by atoms with van der Waals surface area (Å²) >= 11 is 12.7. The molecule has 5 rings (SSSR count). The van der Waals surface area contributed by atoms with Crippen LogP contribution in [0.15, 0.2) is 42.5 Å². The molecule has 1 aliphatic carbocycles. The van der Waals surface area contributed by atoms with E-state index in [-0.39, 0.29) is 29.1 Å². The Bertz CT molecular complexity index is 1210. The Morgan fingerprint density at radius 2 is 1.83 bits per heavy atom. The van der Waals surface area contributed by atoms with E-state index >= 15 is 0 Å². The first-order chi connectivity index (χ1) is 16.8. The number of ketones is 1. The first-order valence-corrected chi connectivity index (χ1v) is 13.3. The van der Waals surface area contributed by atoms with Crippen LogP contribution in [-0.2, 0) is 15.0 Å². The van der Waals surface area contributed by atoms with Gasteiger partial charge in [0, 0.05) is 34.0 Å². The van der Waals surface area contributed by atoms with Gasteiger partial charge in [0.05, 0.1) is 11.6 Å². The number of Topliss-reactive ketones (excluding diaryl/α,β-unsaturated/α-hetero) is 1. The molecule has 0 unspecified atom stereocenters. The minimum absolute atomic E-state index is 0.0477. The van der Waals surface area contributed by atoms with Crippen molar-refractivity contribution >= 4 is 35.0 Å². The molecule has 0 bridgehead atoms. The number of carbonyl (C=O) groups is 2. The fourth-order valence-corrected chi connectivity index (χ4v) is 7.13. The molecule has 2 fully saturated rings. The number of fused-ring (bicyclic) bond motifs is 2. The zero-order valence-corrected chi connectivity index (χ0v) is 22.6. The second-order valence-corrected chi connectivity index (χ2v) is 13.2. The fraction of sp³-hybridized carbons (Fsp3) is 0.517. The third kappa shape index (κ3) is 4.38. The van der Waals surface area contributed by atoms with Gasteiger partial charge in [-0.25, -0.2) is 0 Å². The van der Waals surface area contributed by atoms with Gasteiger partial charge in [-0.1, -0.05) is 62.2 Å². The largest absolute Gasteiger partial charge is 0.425 e. The van der Waals surface area contributed by atoms with Crippen molar-refractivity contribution in [3.8, 4) is 5.75 Å². The lowest BCUT2D eigenvalue weighted by molar-refractivity contribution is -0.139. The molecule has 7 heteroatoms. The van der Waals surface area contributed by atoms with E-state index in [1.165, 1.54) is 0 Å². The average Bonchev–Trinajstić information content (AvgIpc) is 3.21. The number of esters is 1. The van der Waals surface area contributed by atoms with Crippen LogP contribution in [0.5, 0.6) is 5.75 Å². The highest BCUT2D eigenvalue weighted by Gasteiger charge is 2.67. The van der Waals surface area contributed by atoms with Gasteiger partial charge in [-0.05, 0) is 67.3 Å². The number of aliphatic hydroxyl groups is 1. The second kappa shape index (κ2) is 8.83. The number of benzene rings is 2. The van der Waals surface area contributed by atoms with Crippen molar-refractivity contribution in [2.75, 3.05) is 0 Å². The number of hydrogen-bond donors (Lipinski definition) is 2. The molecule has 2 N–H and O–H groups in total. The normalized spacial score (nSPS) is 33.4. The van der Waals surface area contributed by atoms with Crippen molar-refractivity contribution < 1.29 is 19.4 Å². The zero-order chi connectivity index (χ0) is 26.0. The molecule has 0 amide bonds. The summed E-state index contributed by atoms with van der Waals surface area (Å²) in [5.74, 6) is -0.247. The molecule has 1 saturated carbocycles. The number of hydrogen-bond acceptors (Lipinski definition) is 5. The smallest absolute Gasteiger partial charge is 0.324 e. The van der Waals surface area contributed by atoms with Crippen LogP contribution in [0.25, 0.3) is 0 Å². The van der Waals surface area contributed by atoms with Gasteiger partial charge in [0.25, 0.3) is 0 Å². The van der Waals surface area contributed by atoms with Crippen LogP contribution >= 0.6 is 23.2 Å². The molecule has 192 valence electrons. The molecule has 0 aromatic heterocycles. The van der Waals surface area contributed by atoms with Gasteiger partial charge < -0.3 is 15.2 Å². The van der Waals surface area contributed by atoms with Crippen LogP contribution in [0, 0.1) is 11.3 Å². The monoisotopic (exact) mass is 529 g/mol. The Kier molecular flexibility index (Phi) is 6.31. The molecule has 5 nitrogen and oxygen atoms in total. The van der Waals surface area contributed by atoms with E-state index in [0.29, 0.717) is 41.5 Å². The van der Waals surface area contributed by atoms with Crippen LogP contribution in [-0.4, -0.2) is 34.5 Å². The summed E-state index contributed by atoms with van der Waals surface area (Å²) in [6, 6.07) is 11.8. The van der Waals surface area contributed by atoms with Crippen LogP contribution in [0.3, 0.4) is 0 Å². The van der Waals surface area contributed by atoms with Gasteiger partial charge in [-0.3, -0.25) is 9.59 Å². The molecule has 2 aromatic carbocycles. The van der Waals surface area contributed by atoms with Crippen molar-refractivity contribution in [2.24, 2.45) is 11.3 Å². The number of nitrogens with one attached hydrogen (secondary N) is 1. The van der Waals surface area contributed by atoms with E-state index in [2.05, 4.69) is 26.1 Å². The topological polar surface area (TPSA) is 75.6 Å². The highest BCUT2D eigenvalue weighted by molar-refractivity contribution is 6.31. The maximum atomic E-state index is 14.0. The summed E-state index contributed by atoms with van der Waals surface area (Å²) in [5, 5.41) is 14.9. The Hall–Kier alpha value is -1.92. The molecular formula is C29H33Cl2NO4. The van der Waals surface area contributed by atoms with Crippen molar-refractivity contribution in [1.82, 2.24) is 5.32 Å². The fourth-order valence-electron chi connectivity index (χ4n) is 6.77. The predicted molar refractivity (Wildman–Crippen MR) is 141 cm³/mol. The van der Waals surface area contributed by atoms with Crippen molar-refractivity contribution in [3.05, 3.63) is 63.6 Å². The predicted octanol–water partition coefficient (Wildman–Crippen LogP) is 5.83. The Morgan fingerprint density at radius 1 is 1.14 bits per heavy atom. The van der Waals surface area contributed by atoms with Crippen LogP contribution < -0.4 is 10.1 Å². The van der Waals surface area contributed by atoms with Crippen LogP contribution in [0.1, 0.15) is 70.4 Å². The third-order valence-corrected chi connectivity index (χ3v) is 8.47. The SMILES string of the molecule is CC(C)(C)C[C@H]1N[C@@H](C(=O)CC2CC(C)(O)C2)[C@H](c2cccc(Cl)c2)[C@@]12C(=O)Oc1cc(Cl)ccc12. The standard InChI is InChI=1S/C29H33Cl2NO4/c1-27(2,3)15-23-29(20-9-8-19(31)12-22(20)36-26(29)34)24(17-6-5-7-18(30)11-17)25(32-23)21(33)10-16-13-28(4,35)14-16/h5-9,11-12,16,23-25,32,35H,10,13-15H2,1-4H3/t16?,23-,24+,25+,28?,29+/m1/s1. The van der Waals surface area contributed by atoms with Crippen molar-refractivity contribution in [2.45, 2.75) is 82.4 Å². The number of halogens is 2. The molecule has 0 radical (unpaired) electrons. The summed E-state index contributed by atoms with van der Waals surface area (Å²) < 4.78 is 5.88. The van der Waals surface area contributed by atoms with Crippen LogP contribution in [0.4, 0.5) is 0 Å². The van der Waals surface area contributed by atoms with E-state index in [0.717, 1.165) is 11.1 Å². The van der Waals surface area contributed by atoms with E-state index in [1.54, 1.807) is 18.2 Å². The lowest BCUT2D eigenvalue weighted by Crippen LogP contribution is -2.49. The quantitative estimate of drug-likeness (QED) is 0.376. The van der Waals surface area contributed by atoms with E-state index in [9.17, 15) is 14.7 Å². The maximum Gasteiger partial charge on any atom is 0.324 e. The summed E-state index contributed by atoms with van der Waals surface area (Å²) in [4.78, 5) is 27.9. The van der Waals surface area contributed by atoms with E-state index in [4.69, 9.17) is 27.9 Å². The number of carbonyl (C=O) groups excluding carboxylic acids is 2. The van der Waals surface area contributed by atoms with Gasteiger partial charge in [-0.2, -0.15) is 0 Å². The third-order valence-electron chi connectivity index (χ3n) is 8.00. The zero-order valence-electron chi connectivity index (χ0n) is 21.1. The van der Waals surface area contributed by atoms with Gasteiger partial charge in [0.1, 0.15) is 11.2 Å². The number of rotatable bonds is 5. The second-order valence-electron chi connectivity index (χ2n) is 12.3. The summed E-state index contributed by atoms with van der Waals surface area (Å²) in [7, 11) is 0. The minimum atomic E-state index is -1.11. The Balaban J connectivity index is 1.66. The van der Waals surface area contributed by atoms with Gasteiger partial charge in [0.2, 0.25) is 0 Å². The van der Waals surface area contributed by atoms with Crippen molar-refractivity contribution in [1.29, 1.82) is 0 Å². The molecule has 2 heterocycles. The lowest BCUT2D eigenvalue weighted by atomic mass is 9.62. The molecule has 1 spiro atoms. The highest BCUT2D eigenvalue weighted by Crippen LogP contribution is 2.58. The van der Waals surface area contributed by atoms with E-state index < -0.39 is 23.0 Å². The van der Waals surface area contributed by atoms with Crippen molar-refractivity contribution in [3.63, 3.8) is 0 Å². The lowest BCUT2D eigenvalue weighted by Gasteiger charge is -2.41. The molecule has 1 saturated heterocycles.